The lowest BCUT2D eigenvalue weighted by molar-refractivity contribution is 1.56. The van der Waals surface area contributed by atoms with Gasteiger partial charge >= 0.3 is 0 Å². The molecule has 0 fully saturated rings. The Hall–Kier alpha value is -1.02. The Morgan fingerprint density at radius 3 is 2.91 bits per heavy atom. The van der Waals surface area contributed by atoms with E-state index in [1.165, 1.54) is 15.6 Å². The number of anilines is 1. The van der Waals surface area contributed by atoms with E-state index in [4.69, 9.17) is 5.73 Å². The van der Waals surface area contributed by atoms with Gasteiger partial charge in [0.05, 0.1) is 5.00 Å². The minimum absolute atomic E-state index is 0.898. The monoisotopic (exact) mass is 163 g/mol. The van der Waals surface area contributed by atoms with Crippen LogP contribution in [0.3, 0.4) is 0 Å². The third kappa shape index (κ3) is 0.994. The molecule has 0 amide bonds. The number of aryl methyl sites for hydroxylation is 1. The minimum Gasteiger partial charge on any atom is -0.391 e. The number of thiophene rings is 1. The van der Waals surface area contributed by atoms with Crippen molar-refractivity contribution < 1.29 is 0 Å². The average Bonchev–Trinajstić information content (AvgIpc) is 2.31. The van der Waals surface area contributed by atoms with E-state index in [-0.39, 0.29) is 0 Å². The topological polar surface area (TPSA) is 26.0 Å². The maximum Gasteiger partial charge on any atom is 0.0868 e. The van der Waals surface area contributed by atoms with Crippen molar-refractivity contribution in [1.29, 1.82) is 0 Å². The Balaban J connectivity index is 2.90. The van der Waals surface area contributed by atoms with Crippen molar-refractivity contribution in [2.24, 2.45) is 0 Å². The van der Waals surface area contributed by atoms with Crippen LogP contribution in [0.1, 0.15) is 5.56 Å². The molecule has 0 aliphatic rings. The highest BCUT2D eigenvalue weighted by molar-refractivity contribution is 7.22. The van der Waals surface area contributed by atoms with Gasteiger partial charge in [-0.1, -0.05) is 18.2 Å². The van der Waals surface area contributed by atoms with Crippen molar-refractivity contribution in [2.45, 2.75) is 6.92 Å². The molecule has 2 heteroatoms. The third-order valence-corrected chi connectivity index (χ3v) is 2.88. The van der Waals surface area contributed by atoms with E-state index < -0.39 is 0 Å². The fraction of sp³-hybridized carbons (Fsp3) is 0.111. The van der Waals surface area contributed by atoms with Crippen LogP contribution in [0.4, 0.5) is 5.00 Å². The summed E-state index contributed by atoms with van der Waals surface area (Å²) in [6, 6.07) is 8.28. The second-order valence-corrected chi connectivity index (χ2v) is 3.73. The Labute approximate surface area is 69.5 Å². The molecule has 11 heavy (non-hydrogen) atoms. The van der Waals surface area contributed by atoms with Crippen molar-refractivity contribution >= 4 is 26.4 Å². The quantitative estimate of drug-likeness (QED) is 0.635. The van der Waals surface area contributed by atoms with E-state index in [1.54, 1.807) is 11.3 Å². The van der Waals surface area contributed by atoms with Crippen LogP contribution in [0, 0.1) is 6.92 Å². The van der Waals surface area contributed by atoms with Crippen molar-refractivity contribution in [3.8, 4) is 0 Å². The lowest BCUT2D eigenvalue weighted by Crippen LogP contribution is -1.72. The molecule has 1 nitrogen and oxygen atoms in total. The number of nitrogens with two attached hydrogens (primary N) is 1. The molecule has 0 saturated carbocycles. The Bertz CT molecular complexity index is 389. The van der Waals surface area contributed by atoms with Crippen LogP contribution in [0.2, 0.25) is 0 Å². The molecular formula is C9H9NS. The highest BCUT2D eigenvalue weighted by Crippen LogP contribution is 2.29. The van der Waals surface area contributed by atoms with Gasteiger partial charge in [0, 0.05) is 4.70 Å². The van der Waals surface area contributed by atoms with Crippen LogP contribution < -0.4 is 5.73 Å². The largest absolute Gasteiger partial charge is 0.391 e. The number of rotatable bonds is 0. The fourth-order valence-electron chi connectivity index (χ4n) is 1.23. The van der Waals surface area contributed by atoms with Gasteiger partial charge in [-0.15, -0.1) is 11.3 Å². The number of hydrogen-bond donors (Lipinski definition) is 1. The van der Waals surface area contributed by atoms with Gasteiger partial charge < -0.3 is 5.73 Å². The first-order chi connectivity index (χ1) is 5.27. The standard InChI is InChI=1S/C9H9NS/c1-6-3-2-4-7-5-8(10)11-9(6)7/h2-5H,10H2,1H3. The summed E-state index contributed by atoms with van der Waals surface area (Å²) in [5, 5.41) is 2.15. The van der Waals surface area contributed by atoms with Crippen molar-refractivity contribution in [2.75, 3.05) is 5.73 Å². The Morgan fingerprint density at radius 1 is 1.36 bits per heavy atom. The Morgan fingerprint density at radius 2 is 2.18 bits per heavy atom. The van der Waals surface area contributed by atoms with Gasteiger partial charge in [-0.3, -0.25) is 0 Å². The van der Waals surface area contributed by atoms with Crippen LogP contribution in [0.5, 0.6) is 0 Å². The summed E-state index contributed by atoms with van der Waals surface area (Å²) in [4.78, 5) is 0. The van der Waals surface area contributed by atoms with Crippen molar-refractivity contribution in [1.82, 2.24) is 0 Å². The first-order valence-electron chi connectivity index (χ1n) is 3.52. The fourth-order valence-corrected chi connectivity index (χ4v) is 2.12. The van der Waals surface area contributed by atoms with E-state index in [0.717, 1.165) is 5.00 Å². The number of benzene rings is 1. The van der Waals surface area contributed by atoms with Crippen molar-refractivity contribution in [3.05, 3.63) is 29.8 Å². The van der Waals surface area contributed by atoms with Gasteiger partial charge in [-0.25, -0.2) is 0 Å². The lowest BCUT2D eigenvalue weighted by Gasteiger charge is -1.91. The molecule has 1 aromatic heterocycles. The molecule has 2 N–H and O–H groups in total. The summed E-state index contributed by atoms with van der Waals surface area (Å²) in [6.07, 6.45) is 0. The summed E-state index contributed by atoms with van der Waals surface area (Å²) < 4.78 is 1.31. The molecule has 2 rings (SSSR count). The lowest BCUT2D eigenvalue weighted by atomic mass is 10.2. The molecule has 2 aromatic rings. The van der Waals surface area contributed by atoms with E-state index >= 15 is 0 Å². The zero-order valence-electron chi connectivity index (χ0n) is 6.29. The molecule has 0 radical (unpaired) electrons. The van der Waals surface area contributed by atoms with E-state index in [1.807, 2.05) is 6.07 Å². The summed E-state index contributed by atoms with van der Waals surface area (Å²) in [6.45, 7) is 2.11. The van der Waals surface area contributed by atoms with Crippen LogP contribution in [0.25, 0.3) is 10.1 Å². The van der Waals surface area contributed by atoms with Gasteiger partial charge in [0.1, 0.15) is 0 Å². The van der Waals surface area contributed by atoms with E-state index in [2.05, 4.69) is 25.1 Å². The number of nitrogen functional groups attached to an aromatic ring is 1. The molecular weight excluding hydrogens is 154 g/mol. The molecule has 0 aliphatic heterocycles. The molecule has 1 heterocycles. The first-order valence-corrected chi connectivity index (χ1v) is 4.33. The minimum atomic E-state index is 0.898. The second kappa shape index (κ2) is 2.24. The van der Waals surface area contributed by atoms with Crippen molar-refractivity contribution in [3.63, 3.8) is 0 Å². The molecule has 0 spiro atoms. The summed E-state index contributed by atoms with van der Waals surface area (Å²) in [5.41, 5.74) is 6.99. The molecule has 0 unspecified atom stereocenters. The maximum atomic E-state index is 5.68. The summed E-state index contributed by atoms with van der Waals surface area (Å²) >= 11 is 1.66. The second-order valence-electron chi connectivity index (χ2n) is 2.64. The van der Waals surface area contributed by atoms with E-state index in [9.17, 15) is 0 Å². The van der Waals surface area contributed by atoms with Gasteiger partial charge in [-0.05, 0) is 23.9 Å². The normalized spacial score (nSPS) is 10.6. The summed E-state index contributed by atoms with van der Waals surface area (Å²) in [7, 11) is 0. The predicted octanol–water partition coefficient (Wildman–Crippen LogP) is 2.79. The van der Waals surface area contributed by atoms with Crippen LogP contribution in [-0.2, 0) is 0 Å². The third-order valence-electron chi connectivity index (χ3n) is 1.76. The highest BCUT2D eigenvalue weighted by Gasteiger charge is 1.99. The first kappa shape index (κ1) is 6.68. The van der Waals surface area contributed by atoms with Gasteiger partial charge in [-0.2, -0.15) is 0 Å². The SMILES string of the molecule is Cc1cccc2cc(N)sc12. The molecule has 0 bridgehead atoms. The summed E-state index contributed by atoms with van der Waals surface area (Å²) in [5.74, 6) is 0. The predicted molar refractivity (Wildman–Crippen MR) is 51.0 cm³/mol. The number of fused-ring (bicyclic) bond motifs is 1. The molecule has 0 aliphatic carbocycles. The molecule has 0 saturated heterocycles. The van der Waals surface area contributed by atoms with Gasteiger partial charge in [0.15, 0.2) is 0 Å². The van der Waals surface area contributed by atoms with Crippen LogP contribution in [0.15, 0.2) is 24.3 Å². The zero-order valence-corrected chi connectivity index (χ0v) is 7.11. The maximum absolute atomic E-state index is 5.68. The van der Waals surface area contributed by atoms with Gasteiger partial charge in [0.25, 0.3) is 0 Å². The zero-order chi connectivity index (χ0) is 7.84. The molecule has 56 valence electrons. The highest BCUT2D eigenvalue weighted by atomic mass is 32.1. The van der Waals surface area contributed by atoms with Gasteiger partial charge in [0.2, 0.25) is 0 Å². The van der Waals surface area contributed by atoms with Crippen LogP contribution >= 0.6 is 11.3 Å². The van der Waals surface area contributed by atoms with E-state index in [0.29, 0.717) is 0 Å². The average molecular weight is 163 g/mol. The molecule has 0 atom stereocenters. The van der Waals surface area contributed by atoms with Crippen LogP contribution in [-0.4, -0.2) is 0 Å². The Kier molecular flexibility index (Phi) is 1.36. The smallest absolute Gasteiger partial charge is 0.0868 e. The molecule has 1 aromatic carbocycles. The number of hydrogen-bond acceptors (Lipinski definition) is 2.